The molecule has 0 saturated heterocycles. The third kappa shape index (κ3) is 1.62. The number of nitrogens with zero attached hydrogens (tertiary/aromatic N) is 3. The van der Waals surface area contributed by atoms with Crippen molar-refractivity contribution in [3.63, 3.8) is 0 Å². The summed E-state index contributed by atoms with van der Waals surface area (Å²) < 4.78 is 3.78. The summed E-state index contributed by atoms with van der Waals surface area (Å²) in [4.78, 5) is 0.686. The van der Waals surface area contributed by atoms with Gasteiger partial charge < -0.3 is 10.4 Å². The molecule has 0 atom stereocenters. The fourth-order valence-corrected chi connectivity index (χ4v) is 1.67. The highest BCUT2D eigenvalue weighted by Gasteiger charge is 2.06. The molecule has 0 saturated carbocycles. The third-order valence-electron chi connectivity index (χ3n) is 1.73. The molecule has 0 radical (unpaired) electrons. The zero-order valence-corrected chi connectivity index (χ0v) is 7.94. The standard InChI is InChI=1S/C9H7N3OS/c13-10-6-8-9(11-12-14-8)7-4-2-1-3-5-7/h1-6,13H/p-1. The fourth-order valence-electron chi connectivity index (χ4n) is 1.13. The van der Waals surface area contributed by atoms with E-state index in [1.165, 1.54) is 6.21 Å². The maximum Gasteiger partial charge on any atom is 0.114 e. The molecule has 70 valence electrons. The maximum atomic E-state index is 10.1. The first kappa shape index (κ1) is 8.83. The second-order valence-electron chi connectivity index (χ2n) is 2.59. The molecule has 0 amide bonds. The van der Waals surface area contributed by atoms with Gasteiger partial charge in [0.05, 0.1) is 4.88 Å². The first-order valence-corrected chi connectivity index (χ1v) is 4.72. The van der Waals surface area contributed by atoms with Crippen LogP contribution in [0.4, 0.5) is 0 Å². The average molecular weight is 204 g/mol. The van der Waals surface area contributed by atoms with Crippen LogP contribution in [-0.4, -0.2) is 15.8 Å². The van der Waals surface area contributed by atoms with Gasteiger partial charge in [-0.2, -0.15) is 0 Å². The van der Waals surface area contributed by atoms with Crippen LogP contribution in [0.1, 0.15) is 4.88 Å². The molecule has 0 N–H and O–H groups in total. The second kappa shape index (κ2) is 3.97. The molecule has 0 spiro atoms. The summed E-state index contributed by atoms with van der Waals surface area (Å²) >= 11 is 1.16. The van der Waals surface area contributed by atoms with Crippen molar-refractivity contribution in [1.82, 2.24) is 9.59 Å². The first-order chi connectivity index (χ1) is 6.92. The summed E-state index contributed by atoms with van der Waals surface area (Å²) in [5, 5.41) is 16.8. The average Bonchev–Trinajstić information content (AvgIpc) is 2.68. The lowest BCUT2D eigenvalue weighted by Crippen LogP contribution is -1.83. The van der Waals surface area contributed by atoms with Crippen molar-refractivity contribution in [2.45, 2.75) is 0 Å². The van der Waals surface area contributed by atoms with E-state index in [-0.39, 0.29) is 0 Å². The van der Waals surface area contributed by atoms with Crippen molar-refractivity contribution in [3.8, 4) is 11.3 Å². The molecule has 0 aliphatic heterocycles. The number of hydrogen-bond acceptors (Lipinski definition) is 5. The van der Waals surface area contributed by atoms with E-state index in [1.807, 2.05) is 30.3 Å². The highest BCUT2D eigenvalue weighted by molar-refractivity contribution is 7.08. The Morgan fingerprint density at radius 1 is 1.29 bits per heavy atom. The lowest BCUT2D eigenvalue weighted by molar-refractivity contribution is 1.16. The van der Waals surface area contributed by atoms with Gasteiger partial charge in [0.25, 0.3) is 0 Å². The zero-order chi connectivity index (χ0) is 9.80. The SMILES string of the molecule is [O-]N=Cc1snnc1-c1ccccc1. The minimum Gasteiger partial charge on any atom is -0.792 e. The molecule has 2 aromatic rings. The Hall–Kier alpha value is -1.75. The zero-order valence-electron chi connectivity index (χ0n) is 7.12. The van der Waals surface area contributed by atoms with E-state index >= 15 is 0 Å². The van der Waals surface area contributed by atoms with Crippen LogP contribution in [-0.2, 0) is 0 Å². The molecule has 0 unspecified atom stereocenters. The Bertz CT molecular complexity index is 438. The molecule has 1 aromatic carbocycles. The Balaban J connectivity index is 2.47. The third-order valence-corrected chi connectivity index (χ3v) is 2.39. The Morgan fingerprint density at radius 2 is 2.07 bits per heavy atom. The van der Waals surface area contributed by atoms with E-state index in [0.29, 0.717) is 10.6 Å². The van der Waals surface area contributed by atoms with Gasteiger partial charge in [0.1, 0.15) is 5.69 Å². The van der Waals surface area contributed by atoms with Gasteiger partial charge in [-0.25, -0.2) is 0 Å². The van der Waals surface area contributed by atoms with Crippen LogP contribution < -0.4 is 0 Å². The predicted molar refractivity (Wildman–Crippen MR) is 56.3 cm³/mol. The number of benzene rings is 1. The molecule has 0 fully saturated rings. The molecule has 2 rings (SSSR count). The highest BCUT2D eigenvalue weighted by Crippen LogP contribution is 2.21. The number of hydrogen-bond donors (Lipinski definition) is 0. The molecular formula is C9H6N3OS-. The highest BCUT2D eigenvalue weighted by atomic mass is 32.1. The van der Waals surface area contributed by atoms with Crippen LogP contribution in [0.3, 0.4) is 0 Å². The van der Waals surface area contributed by atoms with Gasteiger partial charge >= 0.3 is 0 Å². The van der Waals surface area contributed by atoms with E-state index in [4.69, 9.17) is 0 Å². The topological polar surface area (TPSA) is 61.2 Å². The van der Waals surface area contributed by atoms with E-state index in [0.717, 1.165) is 17.1 Å². The van der Waals surface area contributed by atoms with E-state index in [9.17, 15) is 5.21 Å². The molecular weight excluding hydrogens is 198 g/mol. The van der Waals surface area contributed by atoms with Gasteiger partial charge in [0.15, 0.2) is 0 Å². The summed E-state index contributed by atoms with van der Waals surface area (Å²) in [7, 11) is 0. The van der Waals surface area contributed by atoms with Crippen molar-refractivity contribution in [3.05, 3.63) is 40.4 Å². The molecule has 1 heterocycles. The largest absolute Gasteiger partial charge is 0.792 e. The second-order valence-corrected chi connectivity index (χ2v) is 3.37. The minimum absolute atomic E-state index is 0.686. The number of rotatable bonds is 2. The van der Waals surface area contributed by atoms with E-state index < -0.39 is 0 Å². The van der Waals surface area contributed by atoms with Gasteiger partial charge in [-0.1, -0.05) is 34.8 Å². The smallest absolute Gasteiger partial charge is 0.114 e. The molecule has 5 heteroatoms. The molecule has 0 aliphatic rings. The van der Waals surface area contributed by atoms with Crippen LogP contribution in [0.25, 0.3) is 11.3 Å². The van der Waals surface area contributed by atoms with Crippen LogP contribution in [0.2, 0.25) is 0 Å². The van der Waals surface area contributed by atoms with Gasteiger partial charge in [0.2, 0.25) is 0 Å². The van der Waals surface area contributed by atoms with Crippen molar-refractivity contribution < 1.29 is 0 Å². The molecule has 0 aliphatic carbocycles. The summed E-state index contributed by atoms with van der Waals surface area (Å²) in [6.07, 6.45) is 1.23. The van der Waals surface area contributed by atoms with Crippen molar-refractivity contribution in [2.75, 3.05) is 0 Å². The normalized spacial score (nSPS) is 10.9. The summed E-state index contributed by atoms with van der Waals surface area (Å²) in [6.45, 7) is 0. The predicted octanol–water partition coefficient (Wildman–Crippen LogP) is 2.12. The maximum absolute atomic E-state index is 10.1. The van der Waals surface area contributed by atoms with Crippen LogP contribution >= 0.6 is 11.5 Å². The van der Waals surface area contributed by atoms with Gasteiger partial charge in [-0.3, -0.25) is 0 Å². The quantitative estimate of drug-likeness (QED) is 0.556. The summed E-state index contributed by atoms with van der Waals surface area (Å²) in [6, 6.07) is 9.57. The lowest BCUT2D eigenvalue weighted by Gasteiger charge is -1.96. The fraction of sp³-hybridized carbons (Fsp3) is 0. The van der Waals surface area contributed by atoms with Crippen LogP contribution in [0, 0.1) is 5.21 Å². The molecule has 1 aromatic heterocycles. The molecule has 14 heavy (non-hydrogen) atoms. The van der Waals surface area contributed by atoms with Gasteiger partial charge in [-0.05, 0) is 11.5 Å². The monoisotopic (exact) mass is 204 g/mol. The van der Waals surface area contributed by atoms with Crippen molar-refractivity contribution in [2.24, 2.45) is 5.16 Å². The van der Waals surface area contributed by atoms with Gasteiger partial charge in [-0.15, -0.1) is 5.10 Å². The Morgan fingerprint density at radius 3 is 2.79 bits per heavy atom. The van der Waals surface area contributed by atoms with Crippen LogP contribution in [0.5, 0.6) is 0 Å². The lowest BCUT2D eigenvalue weighted by atomic mass is 10.1. The summed E-state index contributed by atoms with van der Waals surface area (Å²) in [5.41, 5.74) is 1.64. The van der Waals surface area contributed by atoms with Gasteiger partial charge in [0, 0.05) is 11.8 Å². The first-order valence-electron chi connectivity index (χ1n) is 3.95. The van der Waals surface area contributed by atoms with Crippen molar-refractivity contribution in [1.29, 1.82) is 0 Å². The number of aromatic nitrogens is 2. The summed E-state index contributed by atoms with van der Waals surface area (Å²) in [5.74, 6) is 0. The van der Waals surface area contributed by atoms with E-state index in [2.05, 4.69) is 14.7 Å². The Kier molecular flexibility index (Phi) is 2.51. The van der Waals surface area contributed by atoms with E-state index in [1.54, 1.807) is 0 Å². The molecule has 4 nitrogen and oxygen atoms in total. The molecule has 0 bridgehead atoms. The van der Waals surface area contributed by atoms with Crippen molar-refractivity contribution >= 4 is 17.7 Å². The van der Waals surface area contributed by atoms with Crippen LogP contribution in [0.15, 0.2) is 35.5 Å². The Labute approximate surface area is 84.7 Å². The minimum atomic E-state index is 0.686.